The summed E-state index contributed by atoms with van der Waals surface area (Å²) in [5.74, 6) is 1.36. The van der Waals surface area contributed by atoms with Gasteiger partial charge in [-0.25, -0.2) is 0 Å². The minimum Gasteiger partial charge on any atom is -0.453 e. The highest BCUT2D eigenvalue weighted by Gasteiger charge is 2.22. The maximum atomic E-state index is 13.7. The fourth-order valence-corrected chi connectivity index (χ4v) is 3.95. The monoisotopic (exact) mass is 494 g/mol. The predicted octanol–water partition coefficient (Wildman–Crippen LogP) is 5.83. The average Bonchev–Trinajstić information content (AvgIpc) is 3.72. The number of carbonyl (C=O) groups is 1. The van der Waals surface area contributed by atoms with Crippen molar-refractivity contribution in [2.45, 2.75) is 33.6 Å². The number of aromatic nitrogens is 2. The zero-order valence-electron chi connectivity index (χ0n) is 21.2. The Hall–Kier alpha value is -4.39. The number of anilines is 2. The maximum Gasteiger partial charge on any atom is 0.299 e. The van der Waals surface area contributed by atoms with E-state index in [-0.39, 0.29) is 17.2 Å². The second-order valence-electron chi connectivity index (χ2n) is 9.64. The molecule has 2 N–H and O–H groups in total. The fourth-order valence-electron chi connectivity index (χ4n) is 3.95. The number of nitrogens with one attached hydrogen (secondary N) is 2. The van der Waals surface area contributed by atoms with Crippen LogP contribution in [-0.2, 0) is 0 Å². The highest BCUT2D eigenvalue weighted by atomic mass is 16.5. The molecule has 1 amide bonds. The number of nitrogens with zero attached hydrogens (tertiary/aromatic N) is 2. The van der Waals surface area contributed by atoms with Gasteiger partial charge in [-0.1, -0.05) is 29.8 Å². The molecule has 0 spiro atoms. The van der Waals surface area contributed by atoms with Crippen LogP contribution in [0, 0.1) is 26.7 Å². The molecule has 7 heteroatoms. The van der Waals surface area contributed by atoms with Crippen molar-refractivity contribution in [3.8, 4) is 17.2 Å². The van der Waals surface area contributed by atoms with Crippen molar-refractivity contribution in [2.75, 3.05) is 11.9 Å². The van der Waals surface area contributed by atoms with Crippen molar-refractivity contribution in [2.24, 2.45) is 5.92 Å². The number of benzene rings is 3. The van der Waals surface area contributed by atoms with Crippen molar-refractivity contribution in [1.29, 1.82) is 0 Å². The van der Waals surface area contributed by atoms with Crippen LogP contribution in [0.25, 0.3) is 5.69 Å². The van der Waals surface area contributed by atoms with E-state index in [4.69, 9.17) is 4.74 Å². The molecule has 4 aromatic rings. The third-order valence-electron chi connectivity index (χ3n) is 6.57. The van der Waals surface area contributed by atoms with E-state index in [2.05, 4.69) is 15.7 Å². The standard InChI is InChI=1S/C30H30N4O3/c1-19-7-12-25(13-8-19)34-30(36)28(27(18-32-34)37-26-14-9-20(2)21(3)15-26)33-24-6-4-5-23(16-24)29(35)31-17-22-10-11-22/h4-9,12-16,18,22,33H,10-11,17H2,1-3H3,(H,31,35). The topological polar surface area (TPSA) is 85.2 Å². The van der Waals surface area contributed by atoms with Crippen LogP contribution >= 0.6 is 0 Å². The number of ether oxygens (including phenoxy) is 1. The summed E-state index contributed by atoms with van der Waals surface area (Å²) < 4.78 is 7.47. The molecule has 0 unspecified atom stereocenters. The number of amides is 1. The third kappa shape index (κ3) is 5.72. The molecule has 3 aromatic carbocycles. The van der Waals surface area contributed by atoms with E-state index in [0.29, 0.717) is 40.9 Å². The predicted molar refractivity (Wildman–Crippen MR) is 145 cm³/mol. The minimum absolute atomic E-state index is 0.131. The Morgan fingerprint density at radius 1 is 1.00 bits per heavy atom. The van der Waals surface area contributed by atoms with Crippen molar-refractivity contribution in [1.82, 2.24) is 15.1 Å². The first kappa shape index (κ1) is 24.3. The van der Waals surface area contributed by atoms with Crippen LogP contribution in [-0.4, -0.2) is 22.2 Å². The highest BCUT2D eigenvalue weighted by molar-refractivity contribution is 5.95. The third-order valence-corrected chi connectivity index (χ3v) is 6.57. The minimum atomic E-state index is -0.367. The van der Waals surface area contributed by atoms with E-state index in [0.717, 1.165) is 16.7 Å². The van der Waals surface area contributed by atoms with E-state index in [1.165, 1.54) is 23.7 Å². The molecule has 1 fully saturated rings. The van der Waals surface area contributed by atoms with Crippen molar-refractivity contribution in [3.05, 3.63) is 106 Å². The highest BCUT2D eigenvalue weighted by Crippen LogP contribution is 2.30. The lowest BCUT2D eigenvalue weighted by atomic mass is 10.1. The molecule has 1 heterocycles. The molecule has 0 saturated heterocycles. The number of hydrogen-bond acceptors (Lipinski definition) is 5. The van der Waals surface area contributed by atoms with Crippen molar-refractivity contribution in [3.63, 3.8) is 0 Å². The van der Waals surface area contributed by atoms with Gasteiger partial charge in [-0.05, 0) is 93.1 Å². The molecule has 1 aliphatic carbocycles. The molecule has 0 atom stereocenters. The molecule has 1 saturated carbocycles. The largest absolute Gasteiger partial charge is 0.453 e. The van der Waals surface area contributed by atoms with E-state index in [1.54, 1.807) is 18.2 Å². The number of aryl methyl sites for hydroxylation is 3. The van der Waals surface area contributed by atoms with Crippen LogP contribution in [0.1, 0.15) is 39.9 Å². The summed E-state index contributed by atoms with van der Waals surface area (Å²) in [6.07, 6.45) is 3.87. The van der Waals surface area contributed by atoms with Crippen LogP contribution in [0.3, 0.4) is 0 Å². The Bertz CT molecular complexity index is 1500. The van der Waals surface area contributed by atoms with Gasteiger partial charge >= 0.3 is 0 Å². The lowest BCUT2D eigenvalue weighted by molar-refractivity contribution is 0.0952. The first-order valence-electron chi connectivity index (χ1n) is 12.5. The van der Waals surface area contributed by atoms with Gasteiger partial charge in [-0.15, -0.1) is 0 Å². The Labute approximate surface area is 216 Å². The van der Waals surface area contributed by atoms with Gasteiger partial charge in [-0.3, -0.25) is 9.59 Å². The molecule has 37 heavy (non-hydrogen) atoms. The Kier molecular flexibility index (Phi) is 6.77. The summed E-state index contributed by atoms with van der Waals surface area (Å²) in [5.41, 5.74) is 4.94. The Balaban J connectivity index is 1.50. The van der Waals surface area contributed by atoms with Gasteiger partial charge in [0.2, 0.25) is 0 Å². The summed E-state index contributed by atoms with van der Waals surface area (Å²) in [4.78, 5) is 26.3. The van der Waals surface area contributed by atoms with Gasteiger partial charge in [0.25, 0.3) is 11.5 Å². The van der Waals surface area contributed by atoms with E-state index in [9.17, 15) is 9.59 Å². The molecular formula is C30H30N4O3. The first-order chi connectivity index (χ1) is 17.9. The molecule has 1 aromatic heterocycles. The van der Waals surface area contributed by atoms with Crippen LogP contribution in [0.4, 0.5) is 11.4 Å². The zero-order chi connectivity index (χ0) is 25.9. The van der Waals surface area contributed by atoms with Crippen LogP contribution in [0.2, 0.25) is 0 Å². The quantitative estimate of drug-likeness (QED) is 0.322. The molecular weight excluding hydrogens is 464 g/mol. The lowest BCUT2D eigenvalue weighted by Gasteiger charge is -2.15. The second-order valence-corrected chi connectivity index (χ2v) is 9.64. The molecule has 5 rings (SSSR count). The summed E-state index contributed by atoms with van der Waals surface area (Å²) in [6.45, 7) is 6.72. The molecule has 0 aliphatic heterocycles. The number of carbonyl (C=O) groups excluding carboxylic acids is 1. The normalized spacial score (nSPS) is 12.7. The molecule has 7 nitrogen and oxygen atoms in total. The fraction of sp³-hybridized carbons (Fsp3) is 0.233. The van der Waals surface area contributed by atoms with Crippen molar-refractivity contribution >= 4 is 17.3 Å². The van der Waals surface area contributed by atoms with E-state index < -0.39 is 0 Å². The molecule has 1 aliphatic rings. The van der Waals surface area contributed by atoms with Gasteiger partial charge in [-0.2, -0.15) is 9.78 Å². The summed E-state index contributed by atoms with van der Waals surface area (Å²) in [6, 6.07) is 20.4. The Morgan fingerprint density at radius 3 is 2.51 bits per heavy atom. The van der Waals surface area contributed by atoms with E-state index in [1.807, 2.05) is 69.3 Å². The Morgan fingerprint density at radius 2 is 1.78 bits per heavy atom. The average molecular weight is 495 g/mol. The van der Waals surface area contributed by atoms with Gasteiger partial charge in [0.15, 0.2) is 11.4 Å². The maximum absolute atomic E-state index is 13.7. The molecule has 0 radical (unpaired) electrons. The van der Waals surface area contributed by atoms with Crippen LogP contribution < -0.4 is 20.9 Å². The number of rotatable bonds is 8. The zero-order valence-corrected chi connectivity index (χ0v) is 21.2. The van der Waals surface area contributed by atoms with Gasteiger partial charge in [0.1, 0.15) is 5.75 Å². The van der Waals surface area contributed by atoms with E-state index >= 15 is 0 Å². The lowest BCUT2D eigenvalue weighted by Crippen LogP contribution is -2.26. The van der Waals surface area contributed by atoms with Crippen molar-refractivity contribution < 1.29 is 9.53 Å². The summed E-state index contributed by atoms with van der Waals surface area (Å²) in [7, 11) is 0. The van der Waals surface area contributed by atoms with Gasteiger partial charge in [0, 0.05) is 17.8 Å². The number of hydrogen-bond donors (Lipinski definition) is 2. The van der Waals surface area contributed by atoms with Crippen LogP contribution in [0.5, 0.6) is 11.5 Å². The van der Waals surface area contributed by atoms with Gasteiger partial charge in [0.05, 0.1) is 11.9 Å². The summed E-state index contributed by atoms with van der Waals surface area (Å²) in [5, 5.41) is 10.6. The second kappa shape index (κ2) is 10.3. The van der Waals surface area contributed by atoms with Gasteiger partial charge < -0.3 is 15.4 Å². The molecule has 0 bridgehead atoms. The first-order valence-corrected chi connectivity index (χ1v) is 12.5. The smallest absolute Gasteiger partial charge is 0.299 e. The van der Waals surface area contributed by atoms with Crippen LogP contribution in [0.15, 0.2) is 77.7 Å². The SMILES string of the molecule is Cc1ccc(-n2ncc(Oc3ccc(C)c(C)c3)c(Nc3cccc(C(=O)NCC4CC4)c3)c2=O)cc1. The molecule has 188 valence electrons. The summed E-state index contributed by atoms with van der Waals surface area (Å²) >= 11 is 0.